The van der Waals surface area contributed by atoms with E-state index in [9.17, 15) is 0 Å². The van der Waals surface area contributed by atoms with Crippen molar-refractivity contribution in [3.8, 4) is 0 Å². The fourth-order valence-electron chi connectivity index (χ4n) is 1.83. The van der Waals surface area contributed by atoms with Crippen LogP contribution in [0.3, 0.4) is 0 Å². The Labute approximate surface area is 111 Å². The van der Waals surface area contributed by atoms with Crippen LogP contribution in [0.5, 0.6) is 0 Å². The maximum atomic E-state index is 5.67. The topological polar surface area (TPSA) is 76.7 Å². The van der Waals surface area contributed by atoms with Gasteiger partial charge in [0.15, 0.2) is 0 Å². The molecule has 3 N–H and O–H groups in total. The van der Waals surface area contributed by atoms with Gasteiger partial charge < -0.3 is 0 Å². The molecule has 0 aliphatic heterocycles. The lowest BCUT2D eigenvalue weighted by atomic mass is 10.0. The third-order valence-corrected chi connectivity index (χ3v) is 3.65. The molecule has 0 spiro atoms. The summed E-state index contributed by atoms with van der Waals surface area (Å²) in [7, 11) is 0. The molecular formula is C12H17N5S. The van der Waals surface area contributed by atoms with E-state index in [1.807, 2.05) is 12.1 Å². The molecule has 18 heavy (non-hydrogen) atoms. The molecule has 0 bridgehead atoms. The number of nitrogens with two attached hydrogens (primary N) is 1. The lowest BCUT2D eigenvalue weighted by Crippen LogP contribution is -2.29. The Balaban J connectivity index is 2.21. The molecule has 1 atom stereocenters. The van der Waals surface area contributed by atoms with Gasteiger partial charge >= 0.3 is 0 Å². The number of rotatable bonds is 5. The number of hydrogen-bond acceptors (Lipinski definition) is 6. The van der Waals surface area contributed by atoms with Crippen LogP contribution in [-0.4, -0.2) is 14.6 Å². The van der Waals surface area contributed by atoms with E-state index in [-0.39, 0.29) is 6.04 Å². The van der Waals surface area contributed by atoms with E-state index in [1.54, 1.807) is 12.4 Å². The fraction of sp³-hybridized carbons (Fsp3) is 0.417. The second kappa shape index (κ2) is 5.99. The highest BCUT2D eigenvalue weighted by atomic mass is 32.1. The van der Waals surface area contributed by atoms with Crippen molar-refractivity contribution in [2.24, 2.45) is 5.84 Å². The van der Waals surface area contributed by atoms with Crippen molar-refractivity contribution in [1.82, 2.24) is 20.0 Å². The van der Waals surface area contributed by atoms with Gasteiger partial charge in [-0.05, 0) is 41.6 Å². The standard InChI is InChI=1S/C12H17N5S/c1-8(2)11-12(18-17-16-11)10(15-13)7-9-3-5-14-6-4-9/h3-6,8,10,15H,7,13H2,1-2H3. The summed E-state index contributed by atoms with van der Waals surface area (Å²) in [6, 6.07) is 4.03. The monoisotopic (exact) mass is 263 g/mol. The van der Waals surface area contributed by atoms with E-state index >= 15 is 0 Å². The molecule has 6 heteroatoms. The van der Waals surface area contributed by atoms with Gasteiger partial charge in [0, 0.05) is 12.4 Å². The third kappa shape index (κ3) is 2.90. The van der Waals surface area contributed by atoms with Gasteiger partial charge in [0.2, 0.25) is 0 Å². The van der Waals surface area contributed by atoms with Crippen LogP contribution < -0.4 is 11.3 Å². The van der Waals surface area contributed by atoms with E-state index in [0.29, 0.717) is 5.92 Å². The zero-order chi connectivity index (χ0) is 13.0. The molecule has 2 heterocycles. The van der Waals surface area contributed by atoms with E-state index in [4.69, 9.17) is 5.84 Å². The molecule has 0 aromatic carbocycles. The van der Waals surface area contributed by atoms with Crippen LogP contribution in [0.2, 0.25) is 0 Å². The van der Waals surface area contributed by atoms with Crippen LogP contribution in [0.25, 0.3) is 0 Å². The Morgan fingerprint density at radius 2 is 2.06 bits per heavy atom. The molecule has 0 radical (unpaired) electrons. The summed E-state index contributed by atoms with van der Waals surface area (Å²) < 4.78 is 4.04. The molecule has 2 aromatic rings. The van der Waals surface area contributed by atoms with Crippen molar-refractivity contribution >= 4 is 11.5 Å². The summed E-state index contributed by atoms with van der Waals surface area (Å²) in [5.74, 6) is 6.02. The fourth-order valence-corrected chi connectivity index (χ4v) is 2.69. The molecule has 0 saturated carbocycles. The molecule has 0 aliphatic carbocycles. The van der Waals surface area contributed by atoms with Crippen molar-refractivity contribution in [1.29, 1.82) is 0 Å². The maximum absolute atomic E-state index is 5.67. The van der Waals surface area contributed by atoms with Crippen molar-refractivity contribution in [3.05, 3.63) is 40.7 Å². The normalized spacial score (nSPS) is 12.9. The molecular weight excluding hydrogens is 246 g/mol. The van der Waals surface area contributed by atoms with Gasteiger partial charge in [-0.1, -0.05) is 18.3 Å². The number of pyridine rings is 1. The van der Waals surface area contributed by atoms with Gasteiger partial charge in [-0.15, -0.1) is 5.10 Å². The second-order valence-corrected chi connectivity index (χ2v) is 5.24. The van der Waals surface area contributed by atoms with E-state index in [1.165, 1.54) is 17.1 Å². The first-order valence-corrected chi connectivity index (χ1v) is 6.67. The van der Waals surface area contributed by atoms with Crippen molar-refractivity contribution in [2.75, 3.05) is 0 Å². The van der Waals surface area contributed by atoms with Gasteiger partial charge in [-0.25, -0.2) is 0 Å². The lowest BCUT2D eigenvalue weighted by molar-refractivity contribution is 0.551. The Kier molecular flexibility index (Phi) is 4.35. The molecule has 5 nitrogen and oxygen atoms in total. The molecule has 1 unspecified atom stereocenters. The molecule has 0 aliphatic rings. The predicted molar refractivity (Wildman–Crippen MR) is 72.0 cm³/mol. The first kappa shape index (κ1) is 13.1. The van der Waals surface area contributed by atoms with Crippen LogP contribution in [0.1, 0.15) is 41.9 Å². The van der Waals surface area contributed by atoms with Crippen LogP contribution in [0, 0.1) is 0 Å². The molecule has 0 saturated heterocycles. The van der Waals surface area contributed by atoms with Crippen LogP contribution in [-0.2, 0) is 6.42 Å². The Hall–Kier alpha value is -1.37. The lowest BCUT2D eigenvalue weighted by Gasteiger charge is -2.16. The zero-order valence-corrected chi connectivity index (χ0v) is 11.3. The average Bonchev–Trinajstić information content (AvgIpc) is 2.86. The molecule has 2 rings (SSSR count). The third-order valence-electron chi connectivity index (χ3n) is 2.79. The van der Waals surface area contributed by atoms with E-state index in [0.717, 1.165) is 17.0 Å². The number of hydrazine groups is 1. The van der Waals surface area contributed by atoms with Crippen LogP contribution >= 0.6 is 11.5 Å². The number of aromatic nitrogens is 3. The largest absolute Gasteiger partial charge is 0.271 e. The summed E-state index contributed by atoms with van der Waals surface area (Å²) >= 11 is 1.41. The van der Waals surface area contributed by atoms with Gasteiger partial charge in [0.05, 0.1) is 16.6 Å². The summed E-state index contributed by atoms with van der Waals surface area (Å²) in [5.41, 5.74) is 5.07. The highest BCUT2D eigenvalue weighted by molar-refractivity contribution is 7.05. The average molecular weight is 263 g/mol. The summed E-state index contributed by atoms with van der Waals surface area (Å²) in [5, 5.41) is 4.19. The smallest absolute Gasteiger partial charge is 0.0829 e. The highest BCUT2D eigenvalue weighted by Gasteiger charge is 2.20. The van der Waals surface area contributed by atoms with Crippen LogP contribution in [0.4, 0.5) is 0 Å². The Bertz CT molecular complexity index is 482. The minimum absolute atomic E-state index is 0.0461. The first-order chi connectivity index (χ1) is 8.72. The van der Waals surface area contributed by atoms with Gasteiger partial charge in [0.25, 0.3) is 0 Å². The van der Waals surface area contributed by atoms with Gasteiger partial charge in [0.1, 0.15) is 0 Å². The van der Waals surface area contributed by atoms with Gasteiger partial charge in [-0.3, -0.25) is 16.3 Å². The first-order valence-electron chi connectivity index (χ1n) is 5.89. The van der Waals surface area contributed by atoms with Crippen molar-refractivity contribution in [3.63, 3.8) is 0 Å². The maximum Gasteiger partial charge on any atom is 0.0829 e. The number of nitrogens with one attached hydrogen (secondary N) is 1. The summed E-state index contributed by atoms with van der Waals surface area (Å²) in [4.78, 5) is 5.13. The second-order valence-electron chi connectivity index (χ2n) is 4.46. The Morgan fingerprint density at radius 3 is 2.67 bits per heavy atom. The minimum Gasteiger partial charge on any atom is -0.271 e. The number of nitrogens with zero attached hydrogens (tertiary/aromatic N) is 3. The molecule has 96 valence electrons. The quantitative estimate of drug-likeness (QED) is 0.635. The van der Waals surface area contributed by atoms with Gasteiger partial charge in [-0.2, -0.15) is 0 Å². The van der Waals surface area contributed by atoms with E-state index in [2.05, 4.69) is 33.8 Å². The number of hydrogen-bond donors (Lipinski definition) is 2. The molecule has 0 amide bonds. The predicted octanol–water partition coefficient (Wildman–Crippen LogP) is 1.80. The molecule has 2 aromatic heterocycles. The molecule has 0 fully saturated rings. The summed E-state index contributed by atoms with van der Waals surface area (Å²) in [6.07, 6.45) is 4.39. The van der Waals surface area contributed by atoms with Crippen molar-refractivity contribution in [2.45, 2.75) is 32.2 Å². The summed E-state index contributed by atoms with van der Waals surface area (Å²) in [6.45, 7) is 4.22. The van der Waals surface area contributed by atoms with Crippen LogP contribution in [0.15, 0.2) is 24.5 Å². The Morgan fingerprint density at radius 1 is 1.33 bits per heavy atom. The zero-order valence-electron chi connectivity index (χ0n) is 10.5. The minimum atomic E-state index is 0.0461. The van der Waals surface area contributed by atoms with E-state index < -0.39 is 0 Å². The van der Waals surface area contributed by atoms with Crippen molar-refractivity contribution < 1.29 is 0 Å². The highest BCUT2D eigenvalue weighted by Crippen LogP contribution is 2.27. The SMILES string of the molecule is CC(C)c1nnsc1C(Cc1ccncc1)NN.